The Morgan fingerprint density at radius 3 is 2.55 bits per heavy atom. The molecule has 1 N–H and O–H groups in total. The molecule has 38 heavy (non-hydrogen) atoms. The Balaban J connectivity index is 1.25. The Morgan fingerprint density at radius 2 is 1.87 bits per heavy atom. The minimum Gasteiger partial charge on any atom is -0.313 e. The van der Waals surface area contributed by atoms with E-state index in [0.29, 0.717) is 34.9 Å². The molecule has 0 radical (unpaired) electrons. The van der Waals surface area contributed by atoms with E-state index in [9.17, 15) is 16.8 Å². The summed E-state index contributed by atoms with van der Waals surface area (Å²) in [5, 5.41) is 4.45. The molecule has 0 amide bonds. The molecule has 1 aromatic carbocycles. The van der Waals surface area contributed by atoms with Gasteiger partial charge in [-0.1, -0.05) is 42.6 Å². The number of nitrogens with zero attached hydrogens (tertiary/aromatic N) is 3. The van der Waals surface area contributed by atoms with Crippen molar-refractivity contribution in [2.24, 2.45) is 16.2 Å². The van der Waals surface area contributed by atoms with Crippen molar-refractivity contribution in [2.45, 2.75) is 68.6 Å². The van der Waals surface area contributed by atoms with Gasteiger partial charge in [0.1, 0.15) is 0 Å². The molecule has 204 valence electrons. The predicted molar refractivity (Wildman–Crippen MR) is 151 cm³/mol. The lowest BCUT2D eigenvalue weighted by Crippen LogP contribution is -2.33. The van der Waals surface area contributed by atoms with Gasteiger partial charge in [-0.15, -0.1) is 0 Å². The lowest BCUT2D eigenvalue weighted by atomic mass is 10.00. The Labute approximate surface area is 229 Å². The van der Waals surface area contributed by atoms with E-state index >= 15 is 0 Å². The van der Waals surface area contributed by atoms with Crippen LogP contribution in [0.4, 0.5) is 0 Å². The van der Waals surface area contributed by atoms with E-state index in [0.717, 1.165) is 43.2 Å². The maximum absolute atomic E-state index is 13.2. The van der Waals surface area contributed by atoms with Crippen LogP contribution in [0, 0.1) is 18.8 Å². The lowest BCUT2D eigenvalue weighted by Gasteiger charge is -2.19. The molecule has 1 unspecified atom stereocenters. The molecule has 11 heteroatoms. The molecule has 2 aliphatic carbocycles. The molecule has 0 saturated heterocycles. The van der Waals surface area contributed by atoms with Crippen LogP contribution in [0.5, 0.6) is 0 Å². The number of halogens is 1. The molecule has 2 aromatic heterocycles. The van der Waals surface area contributed by atoms with Crippen LogP contribution in [0.25, 0.3) is 11.0 Å². The fourth-order valence-corrected chi connectivity index (χ4v) is 8.11. The summed E-state index contributed by atoms with van der Waals surface area (Å²) < 4.78 is 55.7. The van der Waals surface area contributed by atoms with Crippen LogP contribution >= 0.6 is 11.6 Å². The van der Waals surface area contributed by atoms with Crippen LogP contribution in [0.2, 0.25) is 5.02 Å². The molecule has 3 atom stereocenters. The number of hydrogen-bond acceptors (Lipinski definition) is 6. The van der Waals surface area contributed by atoms with Crippen molar-refractivity contribution in [3.8, 4) is 0 Å². The van der Waals surface area contributed by atoms with Crippen molar-refractivity contribution < 1.29 is 16.8 Å². The summed E-state index contributed by atoms with van der Waals surface area (Å²) in [5.41, 5.74) is 2.13. The van der Waals surface area contributed by atoms with Gasteiger partial charge in [-0.3, -0.25) is 0 Å². The quantitative estimate of drug-likeness (QED) is 0.349. The third kappa shape index (κ3) is 5.54. The monoisotopic (exact) mass is 576 g/mol. The maximum atomic E-state index is 13.2. The zero-order chi connectivity index (χ0) is 27.1. The highest BCUT2D eigenvalue weighted by Gasteiger charge is 2.36. The van der Waals surface area contributed by atoms with Crippen LogP contribution in [0.3, 0.4) is 0 Å². The molecule has 2 aliphatic rings. The van der Waals surface area contributed by atoms with E-state index < -0.39 is 20.0 Å². The molecule has 3 aromatic rings. The molecule has 0 bridgehead atoms. The molecule has 0 spiro atoms. The van der Waals surface area contributed by atoms with Crippen LogP contribution in [0.15, 0.2) is 52.0 Å². The van der Waals surface area contributed by atoms with Crippen molar-refractivity contribution in [2.75, 3.05) is 6.54 Å². The third-order valence-corrected chi connectivity index (χ3v) is 11.5. The number of nitrogens with one attached hydrogen (secondary N) is 1. The molecule has 2 heterocycles. The fourth-order valence-electron chi connectivity index (χ4n) is 5.27. The molecule has 2 saturated carbocycles. The second-order valence-electron chi connectivity index (χ2n) is 10.4. The second kappa shape index (κ2) is 10.7. The lowest BCUT2D eigenvalue weighted by molar-refractivity contribution is 0.393. The highest BCUT2D eigenvalue weighted by Crippen LogP contribution is 2.34. The number of aromatic nitrogens is 2. The van der Waals surface area contributed by atoms with Gasteiger partial charge in [0, 0.05) is 30.0 Å². The molecule has 0 aliphatic heterocycles. The highest BCUT2D eigenvalue weighted by molar-refractivity contribution is 7.91. The summed E-state index contributed by atoms with van der Waals surface area (Å²) in [6, 6.07) is 8.68. The Morgan fingerprint density at radius 1 is 1.13 bits per heavy atom. The average Bonchev–Trinajstić information content (AvgIpc) is 3.54. The van der Waals surface area contributed by atoms with Gasteiger partial charge in [0.15, 0.2) is 5.65 Å². The maximum Gasteiger partial charge on any atom is 0.269 e. The SMILES string of the molecule is CC[C@@H]1CC(/C=N\S(=O)(=O)C2CC2)C[C@@H]1NCCc1cnc2c(ccn2S(=O)(=O)c2ccc(C)cc2)c1Cl. The van der Waals surface area contributed by atoms with Gasteiger partial charge in [0.2, 0.25) is 0 Å². The van der Waals surface area contributed by atoms with Gasteiger partial charge in [-0.25, -0.2) is 25.8 Å². The summed E-state index contributed by atoms with van der Waals surface area (Å²) in [7, 11) is -7.12. The standard InChI is InChI=1S/C27H33ClN4O4S2/c1-3-20-14-19(16-31-37(33,34)22-8-9-22)15-25(20)29-12-10-21-17-30-27-24(26(21)28)11-13-32(27)38(35,36)23-6-4-18(2)5-7-23/h4-7,11,13,16-17,19-20,22,25,29H,3,8-10,12,14-15H2,1-2H3/b31-16-/t19?,20-,25+/m1/s1. The summed E-state index contributed by atoms with van der Waals surface area (Å²) in [6.45, 7) is 4.74. The fraction of sp³-hybridized carbons (Fsp3) is 0.481. The van der Waals surface area contributed by atoms with Crippen LogP contribution in [-0.2, 0) is 26.5 Å². The zero-order valence-electron chi connectivity index (χ0n) is 21.5. The van der Waals surface area contributed by atoms with Gasteiger partial charge in [0.25, 0.3) is 20.0 Å². The first-order chi connectivity index (χ1) is 18.1. The number of hydrogen-bond donors (Lipinski definition) is 1. The zero-order valence-corrected chi connectivity index (χ0v) is 23.9. The first kappa shape index (κ1) is 27.3. The first-order valence-corrected chi connectivity index (χ1v) is 16.4. The average molecular weight is 577 g/mol. The summed E-state index contributed by atoms with van der Waals surface area (Å²) >= 11 is 6.71. The summed E-state index contributed by atoms with van der Waals surface area (Å²) in [5.74, 6) is 0.606. The number of sulfonamides is 1. The molecular weight excluding hydrogens is 544 g/mol. The number of rotatable bonds is 10. The van der Waals surface area contributed by atoms with Crippen molar-refractivity contribution >= 4 is 48.9 Å². The predicted octanol–water partition coefficient (Wildman–Crippen LogP) is 4.74. The number of benzene rings is 1. The van der Waals surface area contributed by atoms with Crippen molar-refractivity contribution in [3.05, 3.63) is 58.9 Å². The van der Waals surface area contributed by atoms with Gasteiger partial charge < -0.3 is 5.32 Å². The van der Waals surface area contributed by atoms with E-state index in [-0.39, 0.29) is 22.1 Å². The van der Waals surface area contributed by atoms with Crippen LogP contribution < -0.4 is 5.32 Å². The third-order valence-electron chi connectivity index (χ3n) is 7.69. The largest absolute Gasteiger partial charge is 0.313 e. The first-order valence-electron chi connectivity index (χ1n) is 13.1. The van der Waals surface area contributed by atoms with E-state index in [2.05, 4.69) is 21.6 Å². The number of fused-ring (bicyclic) bond motifs is 1. The number of pyridine rings is 1. The van der Waals surface area contributed by atoms with Crippen LogP contribution in [0.1, 0.15) is 50.2 Å². The Hall–Kier alpha value is -2.27. The smallest absolute Gasteiger partial charge is 0.269 e. The molecule has 5 rings (SSSR count). The van der Waals surface area contributed by atoms with Crippen molar-refractivity contribution in [1.82, 2.24) is 14.3 Å². The van der Waals surface area contributed by atoms with Gasteiger partial charge >= 0.3 is 0 Å². The van der Waals surface area contributed by atoms with Gasteiger partial charge in [-0.05, 0) is 81.2 Å². The summed E-state index contributed by atoms with van der Waals surface area (Å²) in [6.07, 6.45) is 9.68. The van der Waals surface area contributed by atoms with E-state index in [1.807, 2.05) is 6.92 Å². The molecular formula is C27H33ClN4O4S2. The molecule has 2 fully saturated rings. The summed E-state index contributed by atoms with van der Waals surface area (Å²) in [4.78, 5) is 4.67. The Kier molecular flexibility index (Phi) is 7.70. The highest BCUT2D eigenvalue weighted by atomic mass is 35.5. The Bertz CT molecular complexity index is 1560. The minimum absolute atomic E-state index is 0.155. The second-order valence-corrected chi connectivity index (χ2v) is 14.5. The van der Waals surface area contributed by atoms with Crippen LogP contribution in [-0.4, -0.2) is 49.8 Å². The molecule has 8 nitrogen and oxygen atoms in total. The van der Waals surface area contributed by atoms with Crippen molar-refractivity contribution in [1.29, 1.82) is 0 Å². The van der Waals surface area contributed by atoms with E-state index in [1.54, 1.807) is 42.7 Å². The number of aryl methyl sites for hydroxylation is 1. The van der Waals surface area contributed by atoms with E-state index in [1.165, 1.54) is 10.2 Å². The topological polar surface area (TPSA) is 110 Å². The van der Waals surface area contributed by atoms with Crippen molar-refractivity contribution in [3.63, 3.8) is 0 Å². The minimum atomic E-state index is -3.79. The van der Waals surface area contributed by atoms with Gasteiger partial charge in [0.05, 0.1) is 15.2 Å². The van der Waals surface area contributed by atoms with E-state index in [4.69, 9.17) is 11.6 Å². The van der Waals surface area contributed by atoms with Gasteiger partial charge in [-0.2, -0.15) is 4.40 Å². The normalized spacial score (nSPS) is 22.6.